The number of dihydropyridines is 1. The van der Waals surface area contributed by atoms with E-state index in [0.29, 0.717) is 5.70 Å². The predicted molar refractivity (Wildman–Crippen MR) is 36.5 cm³/mol. The van der Waals surface area contributed by atoms with Crippen LogP contribution in [0.1, 0.15) is 0 Å². The summed E-state index contributed by atoms with van der Waals surface area (Å²) in [4.78, 5) is 9.40. The van der Waals surface area contributed by atoms with Crippen molar-refractivity contribution in [3.05, 3.63) is 46.4 Å². The average Bonchev–Trinajstić information content (AvgIpc) is 1.88. The van der Waals surface area contributed by atoms with E-state index in [1.807, 2.05) is 0 Å². The van der Waals surface area contributed by atoms with E-state index in [0.717, 1.165) is 6.20 Å². The fourth-order valence-electron chi connectivity index (χ4n) is 0.601. The quantitative estimate of drug-likeness (QED) is 0.430. The Kier molecular flexibility index (Phi) is 1.84. The standard InChI is InChI=1S/C6H6N2O2/c9-8(10)5-6-3-1-2-4-7-6/h1-5,7H/b6-5+. The number of allylic oxidation sites excluding steroid dienone is 3. The molecular formula is C6H6N2O2. The van der Waals surface area contributed by atoms with Gasteiger partial charge in [-0.05, 0) is 12.2 Å². The van der Waals surface area contributed by atoms with Crippen molar-refractivity contribution in [2.45, 2.75) is 0 Å². The molecule has 0 aliphatic carbocycles. The van der Waals surface area contributed by atoms with Crippen LogP contribution in [0, 0.1) is 10.1 Å². The lowest BCUT2D eigenvalue weighted by Crippen LogP contribution is -2.06. The van der Waals surface area contributed by atoms with Gasteiger partial charge in [0.05, 0.1) is 4.92 Å². The molecule has 1 N–H and O–H groups in total. The normalized spacial score (nSPS) is 19.0. The second kappa shape index (κ2) is 2.82. The Hall–Kier alpha value is -1.58. The molecule has 1 heterocycles. The number of nitrogens with zero attached hydrogens (tertiary/aromatic N) is 1. The molecule has 1 aliphatic heterocycles. The van der Waals surface area contributed by atoms with Crippen molar-refractivity contribution in [3.8, 4) is 0 Å². The number of hydrogen-bond acceptors (Lipinski definition) is 3. The van der Waals surface area contributed by atoms with E-state index < -0.39 is 4.92 Å². The van der Waals surface area contributed by atoms with Crippen LogP contribution in [0.25, 0.3) is 0 Å². The van der Waals surface area contributed by atoms with Crippen molar-refractivity contribution in [1.29, 1.82) is 0 Å². The van der Waals surface area contributed by atoms with Gasteiger partial charge in [0.2, 0.25) is 0 Å². The van der Waals surface area contributed by atoms with Crippen LogP contribution < -0.4 is 5.32 Å². The number of nitro groups is 1. The van der Waals surface area contributed by atoms with Crippen LogP contribution in [-0.2, 0) is 0 Å². The van der Waals surface area contributed by atoms with Gasteiger partial charge < -0.3 is 5.32 Å². The molecule has 0 aromatic heterocycles. The minimum atomic E-state index is -0.494. The van der Waals surface area contributed by atoms with Crippen LogP contribution in [0.5, 0.6) is 0 Å². The van der Waals surface area contributed by atoms with Crippen molar-refractivity contribution in [2.75, 3.05) is 0 Å². The molecule has 0 radical (unpaired) electrons. The highest BCUT2D eigenvalue weighted by Crippen LogP contribution is 1.97. The summed E-state index contributed by atoms with van der Waals surface area (Å²) in [6.07, 6.45) is 7.67. The molecule has 52 valence electrons. The maximum absolute atomic E-state index is 9.90. The van der Waals surface area contributed by atoms with Gasteiger partial charge in [-0.2, -0.15) is 0 Å². The molecule has 0 fully saturated rings. The molecule has 0 spiro atoms. The third-order valence-electron chi connectivity index (χ3n) is 0.978. The van der Waals surface area contributed by atoms with Gasteiger partial charge >= 0.3 is 0 Å². The van der Waals surface area contributed by atoms with Gasteiger partial charge in [0.15, 0.2) is 0 Å². The molecule has 0 saturated carbocycles. The smallest absolute Gasteiger partial charge is 0.257 e. The summed E-state index contributed by atoms with van der Waals surface area (Å²) in [6.45, 7) is 0. The Morgan fingerprint density at radius 2 is 2.40 bits per heavy atom. The Bertz CT molecular complexity index is 228. The minimum absolute atomic E-state index is 0.493. The molecular weight excluding hydrogens is 132 g/mol. The van der Waals surface area contributed by atoms with Gasteiger partial charge in [0, 0.05) is 6.20 Å². The first-order valence-corrected chi connectivity index (χ1v) is 2.74. The summed E-state index contributed by atoms with van der Waals surface area (Å²) in [6, 6.07) is 0. The van der Waals surface area contributed by atoms with E-state index in [-0.39, 0.29) is 0 Å². The summed E-state index contributed by atoms with van der Waals surface area (Å²) in [5.41, 5.74) is 0.493. The monoisotopic (exact) mass is 138 g/mol. The molecule has 0 saturated heterocycles. The highest BCUT2D eigenvalue weighted by Gasteiger charge is 1.96. The highest BCUT2D eigenvalue weighted by atomic mass is 16.6. The topological polar surface area (TPSA) is 55.2 Å². The fourth-order valence-corrected chi connectivity index (χ4v) is 0.601. The van der Waals surface area contributed by atoms with Crippen LogP contribution in [0.2, 0.25) is 0 Å². The minimum Gasteiger partial charge on any atom is -0.357 e. The largest absolute Gasteiger partial charge is 0.357 e. The second-order valence-electron chi connectivity index (χ2n) is 1.73. The van der Waals surface area contributed by atoms with Crippen molar-refractivity contribution < 1.29 is 4.92 Å². The third-order valence-corrected chi connectivity index (χ3v) is 0.978. The molecule has 0 amide bonds. The van der Waals surface area contributed by atoms with Gasteiger partial charge in [-0.15, -0.1) is 0 Å². The van der Waals surface area contributed by atoms with E-state index in [2.05, 4.69) is 5.32 Å². The Labute approximate surface area is 57.7 Å². The molecule has 0 bridgehead atoms. The van der Waals surface area contributed by atoms with E-state index in [1.165, 1.54) is 0 Å². The summed E-state index contributed by atoms with van der Waals surface area (Å²) in [5.74, 6) is 0. The van der Waals surface area contributed by atoms with Gasteiger partial charge in [0.25, 0.3) is 6.20 Å². The van der Waals surface area contributed by atoms with Gasteiger partial charge in [0.1, 0.15) is 5.70 Å². The first-order chi connectivity index (χ1) is 4.79. The SMILES string of the molecule is O=[N+]([O-])/C=C1\C=CC=CN1. The zero-order chi connectivity index (χ0) is 7.40. The summed E-state index contributed by atoms with van der Waals surface area (Å²) in [7, 11) is 0. The Morgan fingerprint density at radius 1 is 1.60 bits per heavy atom. The first-order valence-electron chi connectivity index (χ1n) is 2.74. The van der Waals surface area contributed by atoms with Crippen molar-refractivity contribution in [1.82, 2.24) is 5.32 Å². The highest BCUT2D eigenvalue weighted by molar-refractivity contribution is 5.25. The van der Waals surface area contributed by atoms with Gasteiger partial charge in [-0.1, -0.05) is 6.08 Å². The average molecular weight is 138 g/mol. The van der Waals surface area contributed by atoms with Crippen molar-refractivity contribution >= 4 is 0 Å². The molecule has 1 rings (SSSR count). The predicted octanol–water partition coefficient (Wildman–Crippen LogP) is 0.778. The summed E-state index contributed by atoms with van der Waals surface area (Å²) >= 11 is 0. The zero-order valence-electron chi connectivity index (χ0n) is 5.15. The summed E-state index contributed by atoms with van der Waals surface area (Å²) in [5, 5.41) is 12.6. The van der Waals surface area contributed by atoms with E-state index in [9.17, 15) is 10.1 Å². The van der Waals surface area contributed by atoms with E-state index >= 15 is 0 Å². The molecule has 0 aromatic carbocycles. The number of rotatable bonds is 1. The van der Waals surface area contributed by atoms with Crippen LogP contribution in [0.4, 0.5) is 0 Å². The van der Waals surface area contributed by atoms with Gasteiger partial charge in [-0.25, -0.2) is 0 Å². The zero-order valence-corrected chi connectivity index (χ0v) is 5.15. The molecule has 1 aliphatic rings. The fraction of sp³-hybridized carbons (Fsp3) is 0. The van der Waals surface area contributed by atoms with Crippen LogP contribution in [0.3, 0.4) is 0 Å². The molecule has 4 heteroatoms. The molecule has 4 nitrogen and oxygen atoms in total. The lowest BCUT2D eigenvalue weighted by atomic mass is 10.3. The number of hydrogen-bond donors (Lipinski definition) is 1. The molecule has 10 heavy (non-hydrogen) atoms. The lowest BCUT2D eigenvalue weighted by Gasteiger charge is -1.99. The van der Waals surface area contributed by atoms with Crippen LogP contribution in [-0.4, -0.2) is 4.92 Å². The summed E-state index contributed by atoms with van der Waals surface area (Å²) < 4.78 is 0. The van der Waals surface area contributed by atoms with Crippen LogP contribution in [0.15, 0.2) is 36.3 Å². The van der Waals surface area contributed by atoms with Crippen LogP contribution >= 0.6 is 0 Å². The van der Waals surface area contributed by atoms with E-state index in [1.54, 1.807) is 24.4 Å². The van der Waals surface area contributed by atoms with E-state index in [4.69, 9.17) is 0 Å². The maximum Gasteiger partial charge on any atom is 0.257 e. The Balaban J connectivity index is 2.67. The first kappa shape index (κ1) is 6.54. The molecule has 0 atom stereocenters. The lowest BCUT2D eigenvalue weighted by molar-refractivity contribution is -0.403. The number of nitrogens with one attached hydrogen (secondary N) is 1. The maximum atomic E-state index is 9.90. The second-order valence-corrected chi connectivity index (χ2v) is 1.73. The Morgan fingerprint density at radius 3 is 2.90 bits per heavy atom. The third kappa shape index (κ3) is 1.74. The molecule has 0 unspecified atom stereocenters. The van der Waals surface area contributed by atoms with Gasteiger partial charge in [-0.3, -0.25) is 10.1 Å². The molecule has 0 aromatic rings. The van der Waals surface area contributed by atoms with Crippen molar-refractivity contribution in [3.63, 3.8) is 0 Å². The van der Waals surface area contributed by atoms with Crippen molar-refractivity contribution in [2.24, 2.45) is 0 Å².